The third-order valence-electron chi connectivity index (χ3n) is 11.5. The first-order valence-electron chi connectivity index (χ1n) is 13.2. The summed E-state index contributed by atoms with van der Waals surface area (Å²) in [5.74, 6) is 3.99. The lowest BCUT2D eigenvalue weighted by molar-refractivity contribution is -0.136. The molecule has 4 fully saturated rings. The van der Waals surface area contributed by atoms with Crippen molar-refractivity contribution in [3.63, 3.8) is 0 Å². The Kier molecular flexibility index (Phi) is 6.41. The Labute approximate surface area is 185 Å². The molecule has 174 valence electrons. The van der Waals surface area contributed by atoms with Crippen LogP contribution in [0.5, 0.6) is 0 Å². The summed E-state index contributed by atoms with van der Waals surface area (Å²) in [5, 5.41) is 32.0. The SMILES string of the molecule is CCC(C)C(O)C(O)C(C)C1CCC2C3CCC4CC(O)CCC4(C)C3CCC12C. The Bertz CT molecular complexity index is 607. The van der Waals surface area contributed by atoms with Crippen LogP contribution in [0.2, 0.25) is 0 Å². The van der Waals surface area contributed by atoms with Crippen molar-refractivity contribution in [3.8, 4) is 0 Å². The fraction of sp³-hybridized carbons (Fsp3) is 1.00. The molecule has 0 aromatic rings. The van der Waals surface area contributed by atoms with E-state index >= 15 is 0 Å². The van der Waals surface area contributed by atoms with E-state index in [0.29, 0.717) is 16.7 Å². The third-order valence-corrected chi connectivity index (χ3v) is 11.5. The van der Waals surface area contributed by atoms with E-state index in [1.807, 2.05) is 0 Å². The lowest BCUT2D eigenvalue weighted by Gasteiger charge is -2.61. The average molecular weight is 421 g/mol. The molecule has 4 aliphatic rings. The summed E-state index contributed by atoms with van der Waals surface area (Å²) in [5.41, 5.74) is 0.744. The van der Waals surface area contributed by atoms with Crippen molar-refractivity contribution in [3.05, 3.63) is 0 Å². The zero-order chi connectivity index (χ0) is 21.8. The molecule has 12 unspecified atom stereocenters. The van der Waals surface area contributed by atoms with Gasteiger partial charge in [0.05, 0.1) is 18.3 Å². The van der Waals surface area contributed by atoms with Gasteiger partial charge in [-0.05, 0) is 110 Å². The van der Waals surface area contributed by atoms with E-state index in [2.05, 4.69) is 34.6 Å². The lowest BCUT2D eigenvalue weighted by Crippen LogP contribution is -2.54. The monoisotopic (exact) mass is 420 g/mol. The topological polar surface area (TPSA) is 60.7 Å². The molecule has 0 aromatic heterocycles. The first kappa shape index (κ1) is 23.1. The molecule has 0 radical (unpaired) electrons. The summed E-state index contributed by atoms with van der Waals surface area (Å²) in [4.78, 5) is 0. The van der Waals surface area contributed by atoms with E-state index in [0.717, 1.165) is 42.9 Å². The highest BCUT2D eigenvalue weighted by atomic mass is 16.3. The van der Waals surface area contributed by atoms with Crippen LogP contribution in [0.15, 0.2) is 0 Å². The van der Waals surface area contributed by atoms with Crippen LogP contribution in [-0.2, 0) is 0 Å². The van der Waals surface area contributed by atoms with E-state index in [1.165, 1.54) is 44.9 Å². The Balaban J connectivity index is 1.51. The molecule has 0 bridgehead atoms. The summed E-state index contributed by atoms with van der Waals surface area (Å²) < 4.78 is 0. The van der Waals surface area contributed by atoms with Crippen LogP contribution in [0.3, 0.4) is 0 Å². The minimum absolute atomic E-state index is 0.0661. The van der Waals surface area contributed by atoms with Crippen molar-refractivity contribution >= 4 is 0 Å². The number of aliphatic hydroxyl groups excluding tert-OH is 3. The molecule has 0 aliphatic heterocycles. The molecular formula is C27H48O3. The van der Waals surface area contributed by atoms with Gasteiger partial charge in [-0.15, -0.1) is 0 Å². The predicted molar refractivity (Wildman–Crippen MR) is 122 cm³/mol. The Morgan fingerprint density at radius 1 is 0.833 bits per heavy atom. The smallest absolute Gasteiger partial charge is 0.0830 e. The highest BCUT2D eigenvalue weighted by Crippen LogP contribution is 2.68. The van der Waals surface area contributed by atoms with Gasteiger partial charge < -0.3 is 15.3 Å². The summed E-state index contributed by atoms with van der Waals surface area (Å²) in [6.45, 7) is 11.5. The van der Waals surface area contributed by atoms with Gasteiger partial charge in [0.1, 0.15) is 0 Å². The van der Waals surface area contributed by atoms with Gasteiger partial charge in [0.15, 0.2) is 0 Å². The van der Waals surface area contributed by atoms with Gasteiger partial charge in [0, 0.05) is 0 Å². The largest absolute Gasteiger partial charge is 0.393 e. The molecule has 0 amide bonds. The Morgan fingerprint density at radius 3 is 2.20 bits per heavy atom. The maximum Gasteiger partial charge on any atom is 0.0830 e. The van der Waals surface area contributed by atoms with Crippen molar-refractivity contribution in [2.45, 2.75) is 117 Å². The summed E-state index contributed by atoms with van der Waals surface area (Å²) >= 11 is 0. The molecule has 0 aromatic carbocycles. The van der Waals surface area contributed by atoms with Crippen LogP contribution in [0.25, 0.3) is 0 Å². The lowest BCUT2D eigenvalue weighted by atomic mass is 9.44. The van der Waals surface area contributed by atoms with Crippen LogP contribution in [0, 0.1) is 52.3 Å². The van der Waals surface area contributed by atoms with E-state index in [9.17, 15) is 15.3 Å². The zero-order valence-corrected chi connectivity index (χ0v) is 20.2. The Hall–Kier alpha value is -0.120. The molecule has 30 heavy (non-hydrogen) atoms. The van der Waals surface area contributed by atoms with Gasteiger partial charge in [0.25, 0.3) is 0 Å². The molecule has 3 N–H and O–H groups in total. The minimum atomic E-state index is -0.605. The second-order valence-electron chi connectivity index (χ2n) is 12.5. The van der Waals surface area contributed by atoms with E-state index in [-0.39, 0.29) is 17.9 Å². The van der Waals surface area contributed by atoms with Crippen molar-refractivity contribution in [2.24, 2.45) is 52.3 Å². The molecule has 3 heteroatoms. The Morgan fingerprint density at radius 2 is 1.50 bits per heavy atom. The van der Waals surface area contributed by atoms with Crippen molar-refractivity contribution < 1.29 is 15.3 Å². The van der Waals surface area contributed by atoms with Crippen LogP contribution in [-0.4, -0.2) is 33.6 Å². The molecule has 4 rings (SSSR count). The fourth-order valence-electron chi connectivity index (χ4n) is 9.27. The van der Waals surface area contributed by atoms with Gasteiger partial charge in [-0.1, -0.05) is 41.0 Å². The summed E-state index contributed by atoms with van der Waals surface area (Å²) in [6.07, 6.45) is 10.7. The first-order valence-corrected chi connectivity index (χ1v) is 13.2. The molecule has 4 aliphatic carbocycles. The molecule has 12 atom stereocenters. The number of aliphatic hydroxyl groups is 3. The highest BCUT2D eigenvalue weighted by Gasteiger charge is 2.61. The number of hydrogen-bond acceptors (Lipinski definition) is 3. The van der Waals surface area contributed by atoms with Crippen molar-refractivity contribution in [1.29, 1.82) is 0 Å². The number of rotatable bonds is 5. The standard InChI is InChI=1S/C27H48O3/c1-6-16(2)24(29)25(30)17(3)21-9-10-22-20-8-7-18-15-19(28)11-13-26(18,4)23(20)12-14-27(21,22)5/h16-25,28-30H,6-15H2,1-5H3. The van der Waals surface area contributed by atoms with Crippen LogP contribution in [0.1, 0.15) is 98.8 Å². The van der Waals surface area contributed by atoms with Crippen LogP contribution in [0.4, 0.5) is 0 Å². The van der Waals surface area contributed by atoms with Gasteiger partial charge in [-0.25, -0.2) is 0 Å². The number of fused-ring (bicyclic) bond motifs is 5. The van der Waals surface area contributed by atoms with E-state index in [4.69, 9.17) is 0 Å². The quantitative estimate of drug-likeness (QED) is 0.557. The first-order chi connectivity index (χ1) is 14.1. The van der Waals surface area contributed by atoms with Gasteiger partial charge in [-0.2, -0.15) is 0 Å². The van der Waals surface area contributed by atoms with Crippen LogP contribution >= 0.6 is 0 Å². The second kappa shape index (κ2) is 8.34. The molecule has 0 heterocycles. The van der Waals surface area contributed by atoms with Crippen molar-refractivity contribution in [2.75, 3.05) is 0 Å². The normalized spacial score (nSPS) is 50.0. The highest BCUT2D eigenvalue weighted by molar-refractivity contribution is 5.10. The van der Waals surface area contributed by atoms with Gasteiger partial charge >= 0.3 is 0 Å². The average Bonchev–Trinajstić information content (AvgIpc) is 3.09. The minimum Gasteiger partial charge on any atom is -0.393 e. The maximum atomic E-state index is 11.0. The molecule has 0 spiro atoms. The molecule has 0 saturated heterocycles. The van der Waals surface area contributed by atoms with Gasteiger partial charge in [-0.3, -0.25) is 0 Å². The fourth-order valence-corrected chi connectivity index (χ4v) is 9.27. The zero-order valence-electron chi connectivity index (χ0n) is 20.2. The predicted octanol–water partition coefficient (Wildman–Crippen LogP) is 5.41. The number of hydrogen-bond donors (Lipinski definition) is 3. The maximum absolute atomic E-state index is 11.0. The molecule has 4 saturated carbocycles. The second-order valence-corrected chi connectivity index (χ2v) is 12.5. The van der Waals surface area contributed by atoms with Gasteiger partial charge in [0.2, 0.25) is 0 Å². The van der Waals surface area contributed by atoms with Crippen LogP contribution < -0.4 is 0 Å². The summed E-state index contributed by atoms with van der Waals surface area (Å²) in [7, 11) is 0. The summed E-state index contributed by atoms with van der Waals surface area (Å²) in [6, 6.07) is 0. The molecule has 3 nitrogen and oxygen atoms in total. The van der Waals surface area contributed by atoms with E-state index in [1.54, 1.807) is 0 Å². The van der Waals surface area contributed by atoms with Crippen molar-refractivity contribution in [1.82, 2.24) is 0 Å². The van der Waals surface area contributed by atoms with E-state index < -0.39 is 12.2 Å². The molecular weight excluding hydrogens is 372 g/mol. The third kappa shape index (κ3) is 3.50.